The number of hydrogen-bond donors (Lipinski definition) is 1. The highest BCUT2D eigenvalue weighted by atomic mass is 32.2. The van der Waals surface area contributed by atoms with Crippen LogP contribution in [0.15, 0.2) is 12.2 Å². The van der Waals surface area contributed by atoms with Gasteiger partial charge in [0.15, 0.2) is 10.1 Å². The Labute approximate surface area is 157 Å². The van der Waals surface area contributed by atoms with E-state index in [9.17, 15) is 44.5 Å². The molecule has 0 aromatic carbocycles. The van der Waals surface area contributed by atoms with Crippen LogP contribution in [0.2, 0.25) is 0 Å². The molecular weight excluding hydrogens is 421 g/mol. The molecule has 0 spiro atoms. The average molecular weight is 440 g/mol. The normalized spacial score (nSPS) is 15.5. The molecule has 1 amide bonds. The van der Waals surface area contributed by atoms with E-state index in [-0.39, 0.29) is 0 Å². The minimum atomic E-state index is -6.21. The molecule has 0 radical (unpaired) electrons. The van der Waals surface area contributed by atoms with Crippen LogP contribution in [-0.2, 0) is 29.2 Å². The van der Waals surface area contributed by atoms with Crippen LogP contribution in [0.5, 0.6) is 0 Å². The van der Waals surface area contributed by atoms with E-state index in [1.165, 1.54) is 20.8 Å². The molecule has 0 rings (SSSR count). The molecule has 0 heterocycles. The predicted octanol–water partition coefficient (Wildman–Crippen LogP) is 1.82. The van der Waals surface area contributed by atoms with Gasteiger partial charge >= 0.3 is 29.1 Å². The summed E-state index contributed by atoms with van der Waals surface area (Å²) >= 11 is 0. The zero-order valence-corrected chi connectivity index (χ0v) is 16.1. The number of alkyl halides is 5. The largest absolute Gasteiger partial charge is 0.743 e. The molecule has 164 valence electrons. The zero-order valence-electron chi connectivity index (χ0n) is 15.3. The van der Waals surface area contributed by atoms with E-state index in [0.717, 1.165) is 6.92 Å². The molecule has 0 aromatic rings. The molecule has 0 aromatic heterocycles. The smallest absolute Gasteiger partial charge is 0.466 e. The van der Waals surface area contributed by atoms with Crippen molar-refractivity contribution >= 4 is 22.0 Å². The minimum absolute atomic E-state index is 0.576. The summed E-state index contributed by atoms with van der Waals surface area (Å²) in [6.45, 7) is 6.02. The molecule has 0 bridgehead atoms. The van der Waals surface area contributed by atoms with E-state index >= 15 is 0 Å². The fraction of sp³-hybridized carbons (Fsp3) is 0.714. The van der Waals surface area contributed by atoms with Crippen LogP contribution >= 0.6 is 0 Å². The summed E-state index contributed by atoms with van der Waals surface area (Å²) in [5, 5.41) is -3.15. The van der Waals surface area contributed by atoms with E-state index in [2.05, 4.69) is 16.1 Å². The second-order valence-electron chi connectivity index (χ2n) is 6.68. The Morgan fingerprint density at radius 3 is 1.89 bits per heavy atom. The van der Waals surface area contributed by atoms with Gasteiger partial charge in [0.25, 0.3) is 0 Å². The van der Waals surface area contributed by atoms with E-state index in [1.807, 2.05) is 5.32 Å². The van der Waals surface area contributed by atoms with E-state index in [4.69, 9.17) is 0 Å². The summed E-state index contributed by atoms with van der Waals surface area (Å²) in [5.74, 6) is -8.18. The number of rotatable bonds is 8. The molecule has 0 fully saturated rings. The molecular formula is C14H19F5NO7S-. The van der Waals surface area contributed by atoms with Gasteiger partial charge in [0.2, 0.25) is 0 Å². The lowest BCUT2D eigenvalue weighted by Gasteiger charge is -2.35. The number of hydrogen-bond acceptors (Lipinski definition) is 7. The first-order valence-corrected chi connectivity index (χ1v) is 8.82. The maximum atomic E-state index is 13.6. The summed E-state index contributed by atoms with van der Waals surface area (Å²) in [4.78, 5) is 23.8. The van der Waals surface area contributed by atoms with Crippen LogP contribution in [-0.4, -0.2) is 54.2 Å². The average Bonchev–Trinajstić information content (AvgIpc) is 2.40. The maximum Gasteiger partial charge on any atom is 0.466 e. The van der Waals surface area contributed by atoms with Gasteiger partial charge in [-0.25, -0.2) is 13.2 Å². The van der Waals surface area contributed by atoms with Crippen LogP contribution in [0, 0.1) is 0 Å². The van der Waals surface area contributed by atoms with Crippen molar-refractivity contribution in [1.82, 2.24) is 5.32 Å². The molecule has 8 nitrogen and oxygen atoms in total. The van der Waals surface area contributed by atoms with Crippen LogP contribution < -0.4 is 5.32 Å². The third kappa shape index (κ3) is 6.67. The van der Waals surface area contributed by atoms with Gasteiger partial charge < -0.3 is 19.3 Å². The summed E-state index contributed by atoms with van der Waals surface area (Å²) in [7, 11) is -6.21. The van der Waals surface area contributed by atoms with E-state index in [1.54, 1.807) is 0 Å². The van der Waals surface area contributed by atoms with Gasteiger partial charge in [0.1, 0.15) is 0 Å². The number of esters is 1. The summed E-state index contributed by atoms with van der Waals surface area (Å²) < 4.78 is 107. The molecule has 1 unspecified atom stereocenters. The number of nitrogens with one attached hydrogen (secondary N) is 1. The van der Waals surface area contributed by atoms with Crippen LogP contribution in [0.1, 0.15) is 34.1 Å². The highest BCUT2D eigenvalue weighted by molar-refractivity contribution is 7.86. The third-order valence-electron chi connectivity index (χ3n) is 2.81. The van der Waals surface area contributed by atoms with Crippen molar-refractivity contribution in [3.63, 3.8) is 0 Å². The van der Waals surface area contributed by atoms with Crippen molar-refractivity contribution in [1.29, 1.82) is 0 Å². The second-order valence-corrected chi connectivity index (χ2v) is 8.18. The first-order chi connectivity index (χ1) is 12.2. The summed E-state index contributed by atoms with van der Waals surface area (Å²) in [5.41, 5.74) is -1.87. The van der Waals surface area contributed by atoms with Gasteiger partial charge in [0.05, 0.1) is 6.61 Å². The number of carbonyl (C=O) groups excluding carboxylic acids is 2. The second kappa shape index (κ2) is 8.29. The fourth-order valence-corrected chi connectivity index (χ4v) is 1.82. The molecule has 1 atom stereocenters. The quantitative estimate of drug-likeness (QED) is 0.201. The lowest BCUT2D eigenvalue weighted by molar-refractivity contribution is -0.348. The minimum Gasteiger partial charge on any atom is -0.743 e. The van der Waals surface area contributed by atoms with Crippen LogP contribution in [0.4, 0.5) is 22.0 Å². The van der Waals surface area contributed by atoms with Crippen molar-refractivity contribution in [2.75, 3.05) is 6.61 Å². The topological polar surface area (TPSA) is 122 Å². The molecule has 0 aliphatic rings. The van der Waals surface area contributed by atoms with Crippen molar-refractivity contribution in [3.05, 3.63) is 12.2 Å². The molecule has 28 heavy (non-hydrogen) atoms. The molecule has 1 N–H and O–H groups in total. The predicted molar refractivity (Wildman–Crippen MR) is 82.8 cm³/mol. The van der Waals surface area contributed by atoms with Gasteiger partial charge in [-0.1, -0.05) is 6.58 Å². The number of halogens is 5. The lowest BCUT2D eigenvalue weighted by Crippen LogP contribution is -2.64. The Morgan fingerprint density at radius 2 is 1.57 bits per heavy atom. The van der Waals surface area contributed by atoms with Crippen LogP contribution in [0.3, 0.4) is 0 Å². The Hall–Kier alpha value is -1.80. The molecule has 0 saturated heterocycles. The lowest BCUT2D eigenvalue weighted by atomic mass is 10.1. The fourth-order valence-electron chi connectivity index (χ4n) is 1.49. The molecule has 14 heteroatoms. The van der Waals surface area contributed by atoms with E-state index < -0.39 is 63.4 Å². The number of ether oxygens (including phenoxy) is 2. The van der Waals surface area contributed by atoms with Gasteiger partial charge in [0, 0.05) is 17.5 Å². The van der Waals surface area contributed by atoms with E-state index in [0.29, 0.717) is 0 Å². The zero-order chi connectivity index (χ0) is 22.8. The van der Waals surface area contributed by atoms with Gasteiger partial charge in [-0.15, -0.1) is 0 Å². The Bertz CT molecular complexity index is 727. The van der Waals surface area contributed by atoms with Gasteiger partial charge in [-0.2, -0.15) is 22.0 Å². The third-order valence-corrected chi connectivity index (χ3v) is 3.75. The SMILES string of the molecule is C=C(C)C(=O)OC(OCCC(F)(F)S(=O)(=O)[O-])(C(=O)NC(C)(C)C)C(F)(F)F. The molecule has 0 saturated carbocycles. The van der Waals surface area contributed by atoms with Crippen LogP contribution in [0.25, 0.3) is 0 Å². The Kier molecular flexibility index (Phi) is 7.75. The monoisotopic (exact) mass is 440 g/mol. The molecule has 0 aliphatic carbocycles. The summed E-state index contributed by atoms with van der Waals surface area (Å²) in [6.07, 6.45) is -7.79. The highest BCUT2D eigenvalue weighted by Crippen LogP contribution is 2.37. The first kappa shape index (κ1) is 26.2. The van der Waals surface area contributed by atoms with Crippen molar-refractivity contribution in [2.45, 2.75) is 56.9 Å². The first-order valence-electron chi connectivity index (χ1n) is 7.42. The Morgan fingerprint density at radius 1 is 1.11 bits per heavy atom. The summed E-state index contributed by atoms with van der Waals surface area (Å²) in [6, 6.07) is 0. The molecule has 0 aliphatic heterocycles. The van der Waals surface area contributed by atoms with Crippen molar-refractivity contribution < 1.29 is 54.0 Å². The Balaban J connectivity index is 6.02. The van der Waals surface area contributed by atoms with Crippen molar-refractivity contribution in [2.24, 2.45) is 0 Å². The number of carbonyl (C=O) groups is 2. The number of amides is 1. The maximum absolute atomic E-state index is 13.6. The van der Waals surface area contributed by atoms with Crippen molar-refractivity contribution in [3.8, 4) is 0 Å². The van der Waals surface area contributed by atoms with Gasteiger partial charge in [-0.05, 0) is 27.7 Å². The standard InChI is InChI=1S/C14H20F5NO7S/c1-8(2)9(21)27-13(14(17,18)19,10(22)20-11(3,4)5)26-7-6-12(15,16)28(23,24)25/h1,6-7H2,2-5H3,(H,20,22)(H,23,24,25)/p-1. The highest BCUT2D eigenvalue weighted by Gasteiger charge is 2.67. The van der Waals surface area contributed by atoms with Gasteiger partial charge in [-0.3, -0.25) is 4.79 Å².